The van der Waals surface area contributed by atoms with Crippen molar-refractivity contribution in [2.24, 2.45) is 5.92 Å². The summed E-state index contributed by atoms with van der Waals surface area (Å²) in [5.74, 6) is 1.04. The Hall–Kier alpha value is -0.0800. The van der Waals surface area contributed by atoms with Crippen LogP contribution in [-0.4, -0.2) is 37.1 Å². The van der Waals surface area contributed by atoms with Gasteiger partial charge in [-0.3, -0.25) is 0 Å². The Kier molecular flexibility index (Phi) is 5.11. The van der Waals surface area contributed by atoms with Gasteiger partial charge in [-0.2, -0.15) is 0 Å². The Balaban J connectivity index is 1.74. The molecule has 94 valence electrons. The zero-order chi connectivity index (χ0) is 11.2. The van der Waals surface area contributed by atoms with E-state index in [0.29, 0.717) is 0 Å². The Morgan fingerprint density at radius 1 is 1.12 bits per heavy atom. The van der Waals surface area contributed by atoms with E-state index in [1.165, 1.54) is 64.6 Å². The monoisotopic (exact) mass is 224 g/mol. The van der Waals surface area contributed by atoms with Crippen LogP contribution in [0.2, 0.25) is 0 Å². The molecule has 0 spiro atoms. The summed E-state index contributed by atoms with van der Waals surface area (Å²) in [5.41, 5.74) is 0. The highest BCUT2D eigenvalue weighted by atomic mass is 15.2. The first-order valence-electron chi connectivity index (χ1n) is 7.36. The highest BCUT2D eigenvalue weighted by Crippen LogP contribution is 2.35. The maximum atomic E-state index is 3.43. The molecule has 0 radical (unpaired) electrons. The molecule has 0 bridgehead atoms. The van der Waals surface area contributed by atoms with Gasteiger partial charge in [0.1, 0.15) is 0 Å². The first kappa shape index (κ1) is 12.4. The molecule has 1 saturated heterocycles. The molecular formula is C14H28N2. The fraction of sp³-hybridized carbons (Fsp3) is 1.00. The topological polar surface area (TPSA) is 15.3 Å². The summed E-state index contributed by atoms with van der Waals surface area (Å²) in [4.78, 5) is 2.80. The van der Waals surface area contributed by atoms with Crippen LogP contribution in [0.5, 0.6) is 0 Å². The molecule has 0 aromatic rings. The molecule has 1 aliphatic heterocycles. The van der Waals surface area contributed by atoms with Gasteiger partial charge in [0.15, 0.2) is 0 Å². The third-order valence-electron chi connectivity index (χ3n) is 4.41. The fourth-order valence-electron chi connectivity index (χ4n) is 3.59. The lowest BCUT2D eigenvalue weighted by Gasteiger charge is -2.44. The van der Waals surface area contributed by atoms with Crippen molar-refractivity contribution in [3.05, 3.63) is 0 Å². The highest BCUT2D eigenvalue weighted by molar-refractivity contribution is 4.87. The molecule has 2 heteroatoms. The van der Waals surface area contributed by atoms with Crippen LogP contribution < -0.4 is 5.32 Å². The number of nitrogens with zero attached hydrogens (tertiary/aromatic N) is 1. The zero-order valence-electron chi connectivity index (χ0n) is 10.9. The molecule has 1 N–H and O–H groups in total. The largest absolute Gasteiger partial charge is 0.317 e. The van der Waals surface area contributed by atoms with Crippen molar-refractivity contribution < 1.29 is 0 Å². The van der Waals surface area contributed by atoms with Gasteiger partial charge in [0.25, 0.3) is 0 Å². The van der Waals surface area contributed by atoms with Crippen molar-refractivity contribution in [1.82, 2.24) is 10.2 Å². The van der Waals surface area contributed by atoms with Gasteiger partial charge < -0.3 is 10.2 Å². The molecule has 2 atom stereocenters. The minimum atomic E-state index is 0.948. The van der Waals surface area contributed by atoms with E-state index in [2.05, 4.69) is 17.1 Å². The van der Waals surface area contributed by atoms with E-state index in [1.54, 1.807) is 0 Å². The predicted molar refractivity (Wildman–Crippen MR) is 69.7 cm³/mol. The number of hydrogen-bond donors (Lipinski definition) is 1. The Morgan fingerprint density at radius 3 is 2.81 bits per heavy atom. The van der Waals surface area contributed by atoms with Crippen LogP contribution in [0.3, 0.4) is 0 Å². The van der Waals surface area contributed by atoms with Crippen LogP contribution in [0.1, 0.15) is 51.9 Å². The average molecular weight is 224 g/mol. The van der Waals surface area contributed by atoms with Gasteiger partial charge in [0.05, 0.1) is 0 Å². The maximum Gasteiger partial charge on any atom is 0.0123 e. The molecular weight excluding hydrogens is 196 g/mol. The van der Waals surface area contributed by atoms with E-state index < -0.39 is 0 Å². The summed E-state index contributed by atoms with van der Waals surface area (Å²) < 4.78 is 0. The molecule has 1 saturated carbocycles. The van der Waals surface area contributed by atoms with Gasteiger partial charge in [-0.25, -0.2) is 0 Å². The number of nitrogens with one attached hydrogen (secondary N) is 1. The summed E-state index contributed by atoms with van der Waals surface area (Å²) in [6.07, 6.45) is 10.2. The third-order valence-corrected chi connectivity index (χ3v) is 4.41. The van der Waals surface area contributed by atoms with Crippen molar-refractivity contribution in [2.75, 3.05) is 26.2 Å². The molecule has 2 fully saturated rings. The lowest BCUT2D eigenvalue weighted by Crippen LogP contribution is -2.47. The zero-order valence-corrected chi connectivity index (χ0v) is 10.9. The van der Waals surface area contributed by atoms with Gasteiger partial charge in [-0.1, -0.05) is 19.8 Å². The fourth-order valence-corrected chi connectivity index (χ4v) is 3.59. The average Bonchev–Trinajstić information content (AvgIpc) is 2.35. The number of hydrogen-bond acceptors (Lipinski definition) is 2. The summed E-state index contributed by atoms with van der Waals surface area (Å²) in [6.45, 7) is 7.20. The number of likely N-dealkylation sites (tertiary alicyclic amines) is 1. The Bertz CT molecular complexity index is 191. The van der Waals surface area contributed by atoms with E-state index in [1.807, 2.05) is 0 Å². The van der Waals surface area contributed by atoms with Crippen molar-refractivity contribution >= 4 is 0 Å². The second-order valence-corrected chi connectivity index (χ2v) is 5.50. The van der Waals surface area contributed by atoms with E-state index in [9.17, 15) is 0 Å². The van der Waals surface area contributed by atoms with Gasteiger partial charge in [0.2, 0.25) is 0 Å². The van der Waals surface area contributed by atoms with Crippen molar-refractivity contribution in [1.29, 1.82) is 0 Å². The van der Waals surface area contributed by atoms with Crippen LogP contribution in [0.25, 0.3) is 0 Å². The molecule has 0 aromatic carbocycles. The third kappa shape index (κ3) is 3.21. The summed E-state index contributed by atoms with van der Waals surface area (Å²) in [7, 11) is 0. The van der Waals surface area contributed by atoms with Crippen LogP contribution in [0.15, 0.2) is 0 Å². The summed E-state index contributed by atoms with van der Waals surface area (Å²) >= 11 is 0. The van der Waals surface area contributed by atoms with Crippen LogP contribution >= 0.6 is 0 Å². The second-order valence-electron chi connectivity index (χ2n) is 5.50. The van der Waals surface area contributed by atoms with Gasteiger partial charge in [-0.15, -0.1) is 0 Å². The molecule has 16 heavy (non-hydrogen) atoms. The number of rotatable bonds is 5. The maximum absolute atomic E-state index is 3.43. The summed E-state index contributed by atoms with van der Waals surface area (Å²) in [5, 5.41) is 3.43. The Morgan fingerprint density at radius 2 is 1.94 bits per heavy atom. The molecule has 1 aliphatic carbocycles. The van der Waals surface area contributed by atoms with Crippen LogP contribution in [0, 0.1) is 5.92 Å². The van der Waals surface area contributed by atoms with Crippen molar-refractivity contribution in [2.45, 2.75) is 57.9 Å². The minimum Gasteiger partial charge on any atom is -0.317 e. The quantitative estimate of drug-likeness (QED) is 0.722. The van der Waals surface area contributed by atoms with Gasteiger partial charge in [-0.05, 0) is 64.2 Å². The first-order chi connectivity index (χ1) is 7.92. The van der Waals surface area contributed by atoms with Crippen molar-refractivity contribution in [3.63, 3.8) is 0 Å². The van der Waals surface area contributed by atoms with E-state index in [0.717, 1.165) is 18.5 Å². The standard InChI is InChI=1S/C14H28N2/c1-2-15-10-6-12-16-11-5-8-13-7-3-4-9-14(13)16/h13-15H,2-12H2,1H3. The molecule has 0 aromatic heterocycles. The highest BCUT2D eigenvalue weighted by Gasteiger charge is 2.32. The van der Waals surface area contributed by atoms with Gasteiger partial charge in [0, 0.05) is 6.04 Å². The SMILES string of the molecule is CCNCCCN1CCCC2CCCCC21. The normalized spacial score (nSPS) is 31.3. The summed E-state index contributed by atoms with van der Waals surface area (Å²) in [6, 6.07) is 0.948. The molecule has 1 heterocycles. The minimum absolute atomic E-state index is 0.948. The van der Waals surface area contributed by atoms with Crippen molar-refractivity contribution in [3.8, 4) is 0 Å². The van der Waals surface area contributed by atoms with E-state index in [4.69, 9.17) is 0 Å². The smallest absolute Gasteiger partial charge is 0.0123 e. The number of fused-ring (bicyclic) bond motifs is 1. The first-order valence-corrected chi connectivity index (χ1v) is 7.36. The second kappa shape index (κ2) is 6.61. The molecule has 0 amide bonds. The van der Waals surface area contributed by atoms with Crippen LogP contribution in [0.4, 0.5) is 0 Å². The number of piperidine rings is 1. The van der Waals surface area contributed by atoms with Crippen LogP contribution in [-0.2, 0) is 0 Å². The lowest BCUT2D eigenvalue weighted by atomic mass is 9.78. The lowest BCUT2D eigenvalue weighted by molar-refractivity contribution is 0.0602. The molecule has 2 aliphatic rings. The predicted octanol–water partition coefficient (Wildman–Crippen LogP) is 2.64. The Labute approximate surface area is 101 Å². The van der Waals surface area contributed by atoms with E-state index in [-0.39, 0.29) is 0 Å². The molecule has 2 nitrogen and oxygen atoms in total. The molecule has 2 rings (SSSR count). The molecule has 2 unspecified atom stereocenters. The van der Waals surface area contributed by atoms with E-state index >= 15 is 0 Å². The van der Waals surface area contributed by atoms with Gasteiger partial charge >= 0.3 is 0 Å².